The van der Waals surface area contributed by atoms with Gasteiger partial charge in [-0.25, -0.2) is 13.4 Å². The first-order chi connectivity index (χ1) is 18.3. The molecule has 0 bridgehead atoms. The number of hydrogen-bond acceptors (Lipinski definition) is 8. The van der Waals surface area contributed by atoms with Gasteiger partial charge in [-0.2, -0.15) is 4.31 Å². The minimum atomic E-state index is -3.59. The number of fused-ring (bicyclic) bond motifs is 2. The molecule has 2 aromatic carbocycles. The largest absolute Gasteiger partial charge is 0.454 e. The Balaban J connectivity index is 1.42. The van der Waals surface area contributed by atoms with E-state index in [1.807, 2.05) is 12.1 Å². The highest BCUT2D eigenvalue weighted by atomic mass is 32.2. The predicted molar refractivity (Wildman–Crippen MR) is 149 cm³/mol. The van der Waals surface area contributed by atoms with Crippen molar-refractivity contribution in [3.8, 4) is 11.5 Å². The van der Waals surface area contributed by atoms with Crippen molar-refractivity contribution in [1.29, 1.82) is 0 Å². The number of aromatic nitrogens is 1. The molecule has 0 aliphatic carbocycles. The molecule has 0 radical (unpaired) electrons. The number of likely N-dealkylation sites (N-methyl/N-ethyl adjacent to an activating group) is 1. The molecular weight excluding hydrogens is 524 g/mol. The number of amides is 1. The summed E-state index contributed by atoms with van der Waals surface area (Å²) in [6, 6.07) is 10.0. The van der Waals surface area contributed by atoms with E-state index in [9.17, 15) is 13.2 Å². The summed E-state index contributed by atoms with van der Waals surface area (Å²) in [5.41, 5.74) is 1.16. The first-order valence-corrected chi connectivity index (χ1v) is 15.4. The molecule has 1 amide bonds. The maximum atomic E-state index is 13.8. The second-order valence-corrected chi connectivity index (χ2v) is 12.7. The molecule has 3 heterocycles. The molecule has 2 aliphatic rings. The van der Waals surface area contributed by atoms with Crippen LogP contribution in [0.25, 0.3) is 10.2 Å². The number of hydrogen-bond donors (Lipinski definition) is 0. The third-order valence-corrected chi connectivity index (χ3v) is 10.2. The summed E-state index contributed by atoms with van der Waals surface area (Å²) in [6.07, 6.45) is 1.90. The Kier molecular flexibility index (Phi) is 7.90. The Bertz CT molecular complexity index is 1360. The van der Waals surface area contributed by atoms with Crippen LogP contribution < -0.4 is 14.4 Å². The number of piperidine rings is 1. The second kappa shape index (κ2) is 11.2. The van der Waals surface area contributed by atoms with Crippen LogP contribution in [-0.4, -0.2) is 74.6 Å². The molecule has 0 saturated carbocycles. The standard InChI is InChI=1S/C27H34N4O5S2/c1-4-29(5-2)13-14-31(27-28-22-15-23-24(36-18-35-23)16-25(22)37-27)26(32)20-8-10-21(11-9-20)38(33,34)30-12-6-7-19(3)17-30/h8-11,15-16,19H,4-7,12-14,17-18H2,1-3H3/t19-/m1/s1. The lowest BCUT2D eigenvalue weighted by Crippen LogP contribution is -2.39. The number of ether oxygens (including phenoxy) is 2. The second-order valence-electron chi connectivity index (χ2n) is 9.79. The number of anilines is 1. The quantitative estimate of drug-likeness (QED) is 0.384. The third-order valence-electron chi connectivity index (χ3n) is 7.24. The van der Waals surface area contributed by atoms with E-state index in [0.29, 0.717) is 54.3 Å². The normalized spacial score (nSPS) is 17.8. The lowest BCUT2D eigenvalue weighted by Gasteiger charge is -2.30. The van der Waals surface area contributed by atoms with Crippen LogP contribution in [0, 0.1) is 5.92 Å². The Morgan fingerprint density at radius 3 is 2.50 bits per heavy atom. The van der Waals surface area contributed by atoms with Crippen molar-refractivity contribution in [3.05, 3.63) is 42.0 Å². The zero-order valence-electron chi connectivity index (χ0n) is 22.1. The number of rotatable bonds is 9. The molecule has 11 heteroatoms. The summed E-state index contributed by atoms with van der Waals surface area (Å²) >= 11 is 1.42. The summed E-state index contributed by atoms with van der Waals surface area (Å²) in [7, 11) is -3.59. The van der Waals surface area contributed by atoms with Gasteiger partial charge in [0.2, 0.25) is 16.8 Å². The molecule has 0 N–H and O–H groups in total. The van der Waals surface area contributed by atoms with Crippen molar-refractivity contribution in [1.82, 2.24) is 14.2 Å². The van der Waals surface area contributed by atoms with E-state index in [2.05, 4.69) is 25.7 Å². The van der Waals surface area contributed by atoms with Crippen molar-refractivity contribution in [2.24, 2.45) is 5.92 Å². The number of carbonyl (C=O) groups is 1. The SMILES string of the molecule is CCN(CC)CCN(C(=O)c1ccc(S(=O)(=O)N2CCC[C@@H](C)C2)cc1)c1nc2cc3c(cc2s1)OCO3. The molecule has 0 spiro atoms. The monoisotopic (exact) mass is 558 g/mol. The van der Waals surface area contributed by atoms with E-state index in [1.54, 1.807) is 33.5 Å². The Labute approximate surface area is 228 Å². The van der Waals surface area contributed by atoms with Gasteiger partial charge in [0.1, 0.15) is 0 Å². The summed E-state index contributed by atoms with van der Waals surface area (Å²) in [6.45, 7) is 10.4. The molecule has 0 unspecified atom stereocenters. The van der Waals surface area contributed by atoms with Gasteiger partial charge >= 0.3 is 0 Å². The minimum absolute atomic E-state index is 0.191. The third kappa shape index (κ3) is 5.38. The van der Waals surface area contributed by atoms with Gasteiger partial charge < -0.3 is 14.4 Å². The van der Waals surface area contributed by atoms with E-state index < -0.39 is 10.0 Å². The van der Waals surface area contributed by atoms with Gasteiger partial charge in [-0.15, -0.1) is 0 Å². The molecule has 38 heavy (non-hydrogen) atoms. The van der Waals surface area contributed by atoms with Crippen LogP contribution in [0.5, 0.6) is 11.5 Å². The molecule has 2 aliphatic heterocycles. The van der Waals surface area contributed by atoms with Gasteiger partial charge in [0, 0.05) is 43.9 Å². The van der Waals surface area contributed by atoms with E-state index in [1.165, 1.54) is 11.3 Å². The first-order valence-electron chi connectivity index (χ1n) is 13.1. The van der Waals surface area contributed by atoms with Gasteiger partial charge in [0.15, 0.2) is 16.6 Å². The fraction of sp³-hybridized carbons (Fsp3) is 0.481. The van der Waals surface area contributed by atoms with Crippen LogP contribution >= 0.6 is 11.3 Å². The fourth-order valence-electron chi connectivity index (χ4n) is 4.93. The Morgan fingerprint density at radius 2 is 1.82 bits per heavy atom. The lowest BCUT2D eigenvalue weighted by atomic mass is 10.0. The first kappa shape index (κ1) is 26.9. The van der Waals surface area contributed by atoms with Crippen LogP contribution in [0.4, 0.5) is 5.13 Å². The van der Waals surface area contributed by atoms with Crippen LogP contribution in [-0.2, 0) is 10.0 Å². The van der Waals surface area contributed by atoms with Crippen LogP contribution in [0.3, 0.4) is 0 Å². The van der Waals surface area contributed by atoms with Crippen LogP contribution in [0.2, 0.25) is 0 Å². The van der Waals surface area contributed by atoms with Crippen molar-refractivity contribution in [2.45, 2.75) is 38.5 Å². The topological polar surface area (TPSA) is 92.3 Å². The average Bonchev–Trinajstić information content (AvgIpc) is 3.55. The van der Waals surface area contributed by atoms with Crippen molar-refractivity contribution in [2.75, 3.05) is 51.0 Å². The zero-order valence-corrected chi connectivity index (χ0v) is 23.7. The summed E-state index contributed by atoms with van der Waals surface area (Å²) in [5, 5.41) is 0.583. The van der Waals surface area contributed by atoms with E-state index >= 15 is 0 Å². The van der Waals surface area contributed by atoms with Crippen LogP contribution in [0.1, 0.15) is 44.0 Å². The number of carbonyl (C=O) groups excluding carboxylic acids is 1. The van der Waals surface area contributed by atoms with Gasteiger partial charge in [0.25, 0.3) is 5.91 Å². The molecule has 9 nitrogen and oxygen atoms in total. The maximum Gasteiger partial charge on any atom is 0.260 e. The van der Waals surface area contributed by atoms with Crippen molar-refractivity contribution >= 4 is 42.6 Å². The van der Waals surface area contributed by atoms with Gasteiger partial charge in [-0.3, -0.25) is 9.69 Å². The Morgan fingerprint density at radius 1 is 1.11 bits per heavy atom. The zero-order chi connectivity index (χ0) is 26.9. The molecule has 204 valence electrons. The van der Waals surface area contributed by atoms with Gasteiger partial charge in [0.05, 0.1) is 15.1 Å². The number of nitrogens with zero attached hydrogens (tertiary/aromatic N) is 4. The van der Waals surface area contributed by atoms with Crippen LogP contribution in [0.15, 0.2) is 41.3 Å². The molecule has 5 rings (SSSR count). The summed E-state index contributed by atoms with van der Waals surface area (Å²) in [5.74, 6) is 1.45. The van der Waals surface area contributed by atoms with E-state index in [-0.39, 0.29) is 17.6 Å². The molecule has 3 aromatic rings. The highest BCUT2D eigenvalue weighted by Gasteiger charge is 2.29. The molecule has 1 saturated heterocycles. The average molecular weight is 559 g/mol. The number of thiazole rings is 1. The highest BCUT2D eigenvalue weighted by Crippen LogP contribution is 2.40. The summed E-state index contributed by atoms with van der Waals surface area (Å²) in [4.78, 5) is 22.7. The predicted octanol–water partition coefficient (Wildman–Crippen LogP) is 4.43. The highest BCUT2D eigenvalue weighted by molar-refractivity contribution is 7.89. The summed E-state index contributed by atoms with van der Waals surface area (Å²) < 4.78 is 39.8. The van der Waals surface area contributed by atoms with Crippen molar-refractivity contribution < 1.29 is 22.7 Å². The lowest BCUT2D eigenvalue weighted by molar-refractivity contribution is 0.0983. The van der Waals surface area contributed by atoms with Crippen molar-refractivity contribution in [3.63, 3.8) is 0 Å². The number of sulfonamides is 1. The smallest absolute Gasteiger partial charge is 0.260 e. The molecular formula is C27H34N4O5S2. The maximum absolute atomic E-state index is 13.8. The molecule has 1 fully saturated rings. The molecule has 1 aromatic heterocycles. The number of benzene rings is 2. The van der Waals surface area contributed by atoms with E-state index in [4.69, 9.17) is 14.5 Å². The van der Waals surface area contributed by atoms with Gasteiger partial charge in [-0.05, 0) is 56.1 Å². The van der Waals surface area contributed by atoms with E-state index in [0.717, 1.165) is 36.1 Å². The molecule has 1 atom stereocenters. The Hall–Kier alpha value is -2.73. The van der Waals surface area contributed by atoms with Gasteiger partial charge in [-0.1, -0.05) is 32.1 Å². The fourth-order valence-corrected chi connectivity index (χ4v) is 7.52. The minimum Gasteiger partial charge on any atom is -0.454 e.